The van der Waals surface area contributed by atoms with Crippen molar-refractivity contribution in [3.8, 4) is 0 Å². The van der Waals surface area contributed by atoms with Crippen LogP contribution in [0.5, 0.6) is 0 Å². The molecule has 0 nitrogen and oxygen atoms in total. The third-order valence-electron chi connectivity index (χ3n) is 1.59. The van der Waals surface area contributed by atoms with E-state index in [0.29, 0.717) is 6.04 Å². The Balaban J connectivity index is 2.55. The van der Waals surface area contributed by atoms with Gasteiger partial charge < -0.3 is 0 Å². The zero-order valence-electron chi connectivity index (χ0n) is 6.74. The summed E-state index contributed by atoms with van der Waals surface area (Å²) in [7, 11) is 0. The predicted molar refractivity (Wildman–Crippen MR) is 63.3 cm³/mol. The highest BCUT2D eigenvalue weighted by Crippen LogP contribution is 2.27. The van der Waals surface area contributed by atoms with Gasteiger partial charge in [-0.2, -0.15) is 0 Å². The monoisotopic (exact) mass is 272 g/mol. The Labute approximate surface area is 97.9 Å². The van der Waals surface area contributed by atoms with E-state index in [2.05, 4.69) is 0 Å². The number of hydrogen-bond acceptors (Lipinski definition) is 0. The number of hydrogen-bond donors (Lipinski definition) is 0. The van der Waals surface area contributed by atoms with Crippen LogP contribution in [0.3, 0.4) is 0 Å². The van der Waals surface area contributed by atoms with E-state index in [1.54, 1.807) is 0 Å². The van der Waals surface area contributed by atoms with E-state index in [9.17, 15) is 0 Å². The van der Waals surface area contributed by atoms with Crippen molar-refractivity contribution in [2.45, 2.75) is 12.5 Å². The first-order valence-corrected chi connectivity index (χ1v) is 9.41. The number of rotatable bonds is 3. The molecular formula is C8H8Cl4Si. The molecule has 0 spiro atoms. The first kappa shape index (κ1) is 11.7. The van der Waals surface area contributed by atoms with E-state index < -0.39 is 6.00 Å². The lowest BCUT2D eigenvalue weighted by Gasteiger charge is -2.07. The van der Waals surface area contributed by atoms with Crippen LogP contribution >= 0.6 is 44.8 Å². The van der Waals surface area contributed by atoms with E-state index in [0.717, 1.165) is 17.0 Å². The maximum atomic E-state index is 5.81. The van der Waals surface area contributed by atoms with Crippen molar-refractivity contribution in [3.05, 3.63) is 34.9 Å². The minimum absolute atomic E-state index is 0.637. The summed E-state index contributed by atoms with van der Waals surface area (Å²) in [5, 5.41) is 0.725. The van der Waals surface area contributed by atoms with Gasteiger partial charge in [-0.05, 0) is 30.2 Å². The van der Waals surface area contributed by atoms with Crippen molar-refractivity contribution < 1.29 is 0 Å². The Morgan fingerprint density at radius 3 is 2.38 bits per heavy atom. The molecule has 0 N–H and O–H groups in total. The van der Waals surface area contributed by atoms with Crippen LogP contribution in [0.2, 0.25) is 11.1 Å². The Bertz CT molecular complexity index is 282. The van der Waals surface area contributed by atoms with Crippen LogP contribution in [0.15, 0.2) is 24.3 Å². The molecule has 1 rings (SSSR count). The van der Waals surface area contributed by atoms with E-state index in [4.69, 9.17) is 44.8 Å². The first-order valence-electron chi connectivity index (χ1n) is 3.78. The van der Waals surface area contributed by atoms with Gasteiger partial charge >= 0.3 is 6.00 Å². The largest absolute Gasteiger partial charge is 0.341 e. The molecule has 0 aliphatic rings. The quantitative estimate of drug-likeness (QED) is 0.560. The van der Waals surface area contributed by atoms with E-state index in [1.165, 1.54) is 0 Å². The molecule has 0 radical (unpaired) electrons. The molecule has 0 aliphatic heterocycles. The van der Waals surface area contributed by atoms with Gasteiger partial charge in [0.1, 0.15) is 0 Å². The molecule has 0 fully saturated rings. The molecule has 0 atom stereocenters. The normalized spacial score (nSPS) is 11.7. The second-order valence-corrected chi connectivity index (χ2v) is 12.5. The Morgan fingerprint density at radius 1 is 1.15 bits per heavy atom. The third kappa shape index (κ3) is 5.14. The van der Waals surface area contributed by atoms with Gasteiger partial charge in [0, 0.05) is 5.02 Å². The van der Waals surface area contributed by atoms with Crippen molar-refractivity contribution in [1.29, 1.82) is 0 Å². The van der Waals surface area contributed by atoms with E-state index in [-0.39, 0.29) is 0 Å². The SMILES string of the molecule is Clc1cccc(CC[Si](Cl)(Cl)Cl)c1. The number of benzene rings is 1. The lowest BCUT2D eigenvalue weighted by Crippen LogP contribution is -2.09. The minimum atomic E-state index is -2.48. The molecular weight excluding hydrogens is 266 g/mol. The van der Waals surface area contributed by atoms with Crippen LogP contribution in [-0.2, 0) is 6.42 Å². The summed E-state index contributed by atoms with van der Waals surface area (Å²) >= 11 is 23.1. The van der Waals surface area contributed by atoms with Crippen molar-refractivity contribution in [2.24, 2.45) is 0 Å². The second kappa shape index (κ2) is 4.90. The lowest BCUT2D eigenvalue weighted by atomic mass is 10.2. The molecule has 0 heterocycles. The highest BCUT2D eigenvalue weighted by molar-refractivity contribution is 7.64. The van der Waals surface area contributed by atoms with Gasteiger partial charge in [-0.3, -0.25) is 0 Å². The fourth-order valence-corrected chi connectivity index (χ4v) is 2.61. The predicted octanol–water partition coefficient (Wildman–Crippen LogP) is 4.54. The molecule has 0 aromatic heterocycles. The molecule has 0 aliphatic carbocycles. The van der Waals surface area contributed by atoms with Crippen molar-refractivity contribution in [1.82, 2.24) is 0 Å². The van der Waals surface area contributed by atoms with Crippen LogP contribution in [-0.4, -0.2) is 6.00 Å². The smallest absolute Gasteiger partial charge is 0.126 e. The molecule has 0 saturated heterocycles. The van der Waals surface area contributed by atoms with Crippen molar-refractivity contribution in [3.63, 3.8) is 0 Å². The van der Waals surface area contributed by atoms with E-state index in [1.807, 2.05) is 24.3 Å². The molecule has 0 saturated carbocycles. The summed E-state index contributed by atoms with van der Waals surface area (Å²) in [6.07, 6.45) is 0.781. The van der Waals surface area contributed by atoms with Gasteiger partial charge in [0.2, 0.25) is 0 Å². The standard InChI is InChI=1S/C8H8Cl4Si/c9-8-3-1-2-7(6-8)4-5-13(10,11)12/h1-3,6H,4-5H2. The van der Waals surface area contributed by atoms with E-state index >= 15 is 0 Å². The second-order valence-electron chi connectivity index (χ2n) is 2.75. The fraction of sp³-hybridized carbons (Fsp3) is 0.250. The Kier molecular flexibility index (Phi) is 4.40. The van der Waals surface area contributed by atoms with Crippen LogP contribution < -0.4 is 0 Å². The number of halogens is 4. The van der Waals surface area contributed by atoms with Crippen LogP contribution in [0, 0.1) is 0 Å². The van der Waals surface area contributed by atoms with Gasteiger partial charge in [-0.25, -0.2) is 0 Å². The molecule has 5 heteroatoms. The summed E-state index contributed by atoms with van der Waals surface area (Å²) in [6.45, 7) is 0. The lowest BCUT2D eigenvalue weighted by molar-refractivity contribution is 1.12. The Morgan fingerprint density at radius 2 is 1.85 bits per heavy atom. The maximum absolute atomic E-state index is 5.81. The topological polar surface area (TPSA) is 0 Å². The van der Waals surface area contributed by atoms with Gasteiger partial charge in [0.25, 0.3) is 0 Å². The first-order chi connectivity index (χ1) is 5.97. The highest BCUT2D eigenvalue weighted by Gasteiger charge is 2.23. The molecule has 0 amide bonds. The minimum Gasteiger partial charge on any atom is -0.126 e. The molecule has 1 aromatic rings. The fourth-order valence-electron chi connectivity index (χ4n) is 0.979. The number of aryl methyl sites for hydroxylation is 1. The maximum Gasteiger partial charge on any atom is 0.341 e. The zero-order chi connectivity index (χ0) is 9.90. The molecule has 0 unspecified atom stereocenters. The van der Waals surface area contributed by atoms with Crippen LogP contribution in [0.25, 0.3) is 0 Å². The Hall–Kier alpha value is 0.597. The molecule has 13 heavy (non-hydrogen) atoms. The van der Waals surface area contributed by atoms with Crippen molar-refractivity contribution >= 4 is 50.8 Å². The average Bonchev–Trinajstić information content (AvgIpc) is 2.00. The summed E-state index contributed by atoms with van der Waals surface area (Å²) < 4.78 is 0. The van der Waals surface area contributed by atoms with Gasteiger partial charge in [-0.1, -0.05) is 23.7 Å². The molecule has 72 valence electrons. The zero-order valence-corrected chi connectivity index (χ0v) is 10.8. The van der Waals surface area contributed by atoms with Crippen LogP contribution in [0.4, 0.5) is 0 Å². The summed E-state index contributed by atoms with van der Waals surface area (Å²) in [6, 6.07) is 5.76. The highest BCUT2D eigenvalue weighted by atomic mass is 35.8. The molecule has 1 aromatic carbocycles. The molecule has 0 bridgehead atoms. The van der Waals surface area contributed by atoms with Gasteiger partial charge in [0.05, 0.1) is 0 Å². The average molecular weight is 274 g/mol. The van der Waals surface area contributed by atoms with Gasteiger partial charge in [-0.15, -0.1) is 33.2 Å². The summed E-state index contributed by atoms with van der Waals surface area (Å²) in [4.78, 5) is 0. The summed E-state index contributed by atoms with van der Waals surface area (Å²) in [5.41, 5.74) is 1.12. The van der Waals surface area contributed by atoms with Crippen molar-refractivity contribution in [2.75, 3.05) is 0 Å². The van der Waals surface area contributed by atoms with Gasteiger partial charge in [0.15, 0.2) is 0 Å². The summed E-state index contributed by atoms with van der Waals surface area (Å²) in [5.74, 6) is 0. The third-order valence-corrected chi connectivity index (χ3v) is 4.34. The van der Waals surface area contributed by atoms with Crippen LogP contribution in [0.1, 0.15) is 5.56 Å².